The molecule has 1 aliphatic heterocycles. The van der Waals surface area contributed by atoms with Gasteiger partial charge in [-0.25, -0.2) is 9.97 Å². The number of carbonyl (C=O) groups excluding carboxylic acids is 1. The van der Waals surface area contributed by atoms with Gasteiger partial charge < -0.3 is 0 Å². The Morgan fingerprint density at radius 1 is 1.41 bits per heavy atom. The van der Waals surface area contributed by atoms with Crippen molar-refractivity contribution in [2.24, 2.45) is 0 Å². The average Bonchev–Trinajstić information content (AvgIpc) is 2.63. The highest BCUT2D eigenvalue weighted by atomic mass is 32.2. The molecule has 1 fully saturated rings. The van der Waals surface area contributed by atoms with E-state index in [1.54, 1.807) is 16.3 Å². The summed E-state index contributed by atoms with van der Waals surface area (Å²) in [6.07, 6.45) is 2.86. The van der Waals surface area contributed by atoms with Gasteiger partial charge in [-0.3, -0.25) is 18.7 Å². The molecule has 2 aromatic rings. The SMILES string of the molecule is CC(=O)n1cnc2c(=O)n(C3CSC3)cnc21. The summed E-state index contributed by atoms with van der Waals surface area (Å²) in [7, 11) is 0. The van der Waals surface area contributed by atoms with E-state index in [0.717, 1.165) is 11.5 Å². The predicted molar refractivity (Wildman–Crippen MR) is 64.5 cm³/mol. The van der Waals surface area contributed by atoms with Gasteiger partial charge in [-0.1, -0.05) is 0 Å². The zero-order valence-electron chi connectivity index (χ0n) is 9.16. The third kappa shape index (κ3) is 1.49. The molecule has 0 radical (unpaired) electrons. The Bertz CT molecular complexity index is 656. The molecular formula is C10H10N4O2S. The van der Waals surface area contributed by atoms with Gasteiger partial charge in [-0.15, -0.1) is 0 Å². The maximum absolute atomic E-state index is 12.1. The molecule has 0 unspecified atom stereocenters. The van der Waals surface area contributed by atoms with Crippen molar-refractivity contribution in [3.05, 3.63) is 23.0 Å². The minimum absolute atomic E-state index is 0.166. The number of carbonyl (C=O) groups is 1. The van der Waals surface area contributed by atoms with Crippen LogP contribution in [-0.4, -0.2) is 36.5 Å². The van der Waals surface area contributed by atoms with Crippen molar-refractivity contribution >= 4 is 28.8 Å². The minimum Gasteiger partial charge on any atom is -0.292 e. The fourth-order valence-corrected chi connectivity index (χ4v) is 2.55. The molecular weight excluding hydrogens is 240 g/mol. The highest BCUT2D eigenvalue weighted by molar-refractivity contribution is 8.00. The lowest BCUT2D eigenvalue weighted by atomic mass is 10.3. The van der Waals surface area contributed by atoms with Gasteiger partial charge in [0, 0.05) is 18.4 Å². The molecule has 6 nitrogen and oxygen atoms in total. The second-order valence-electron chi connectivity index (χ2n) is 3.95. The van der Waals surface area contributed by atoms with Gasteiger partial charge >= 0.3 is 0 Å². The van der Waals surface area contributed by atoms with Gasteiger partial charge in [0.05, 0.1) is 6.04 Å². The number of aromatic nitrogens is 4. The molecule has 0 aliphatic carbocycles. The lowest BCUT2D eigenvalue weighted by Crippen LogP contribution is -2.32. The van der Waals surface area contributed by atoms with Crippen LogP contribution in [0.25, 0.3) is 11.2 Å². The van der Waals surface area contributed by atoms with Crippen LogP contribution in [0, 0.1) is 0 Å². The van der Waals surface area contributed by atoms with Crippen LogP contribution in [0.3, 0.4) is 0 Å². The average molecular weight is 250 g/mol. The zero-order valence-corrected chi connectivity index (χ0v) is 9.98. The predicted octanol–water partition coefficient (Wildman–Crippen LogP) is 0.541. The Hall–Kier alpha value is -1.63. The van der Waals surface area contributed by atoms with E-state index in [1.807, 2.05) is 0 Å². The van der Waals surface area contributed by atoms with Crippen LogP contribution < -0.4 is 5.56 Å². The van der Waals surface area contributed by atoms with Crippen LogP contribution in [0.4, 0.5) is 0 Å². The number of nitrogens with zero attached hydrogens (tertiary/aromatic N) is 4. The maximum Gasteiger partial charge on any atom is 0.281 e. The summed E-state index contributed by atoms with van der Waals surface area (Å²) in [6.45, 7) is 1.41. The molecule has 0 N–H and O–H groups in total. The molecule has 3 rings (SSSR count). The van der Waals surface area contributed by atoms with E-state index in [-0.39, 0.29) is 23.0 Å². The summed E-state index contributed by atoms with van der Waals surface area (Å²) in [4.78, 5) is 31.6. The fraction of sp³-hybridized carbons (Fsp3) is 0.400. The molecule has 0 saturated carbocycles. The van der Waals surface area contributed by atoms with Gasteiger partial charge in [0.25, 0.3) is 5.56 Å². The standard InChI is InChI=1S/C10H10N4O2S/c1-6(15)13-4-11-8-9(13)12-5-14(10(8)16)7-2-17-3-7/h4-5,7H,2-3H2,1H3. The smallest absolute Gasteiger partial charge is 0.281 e. The van der Waals surface area contributed by atoms with Crippen LogP contribution in [-0.2, 0) is 0 Å². The van der Waals surface area contributed by atoms with E-state index in [9.17, 15) is 9.59 Å². The summed E-state index contributed by atoms with van der Waals surface area (Å²) in [5, 5.41) is 0. The molecule has 0 spiro atoms. The molecule has 0 aromatic carbocycles. The summed E-state index contributed by atoms with van der Waals surface area (Å²) in [6, 6.07) is 0.215. The molecule has 0 bridgehead atoms. The number of fused-ring (bicyclic) bond motifs is 1. The van der Waals surface area contributed by atoms with Crippen molar-refractivity contribution in [1.29, 1.82) is 0 Å². The summed E-state index contributed by atoms with van der Waals surface area (Å²) in [5.41, 5.74) is 0.436. The number of hydrogen-bond acceptors (Lipinski definition) is 5. The Labute approximate surface area is 101 Å². The fourth-order valence-electron chi connectivity index (χ4n) is 1.78. The molecule has 88 valence electrons. The molecule has 2 aromatic heterocycles. The van der Waals surface area contributed by atoms with Crippen molar-refractivity contribution < 1.29 is 4.79 Å². The Balaban J connectivity index is 2.22. The van der Waals surface area contributed by atoms with Crippen molar-refractivity contribution in [2.45, 2.75) is 13.0 Å². The monoisotopic (exact) mass is 250 g/mol. The summed E-state index contributed by atoms with van der Waals surface area (Å²) >= 11 is 1.80. The van der Waals surface area contributed by atoms with Gasteiger partial charge in [0.1, 0.15) is 12.7 Å². The highest BCUT2D eigenvalue weighted by Gasteiger charge is 2.23. The van der Waals surface area contributed by atoms with E-state index >= 15 is 0 Å². The lowest BCUT2D eigenvalue weighted by Gasteiger charge is -2.26. The van der Waals surface area contributed by atoms with Crippen LogP contribution in [0.5, 0.6) is 0 Å². The summed E-state index contributed by atoms with van der Waals surface area (Å²) < 4.78 is 2.90. The van der Waals surface area contributed by atoms with E-state index < -0.39 is 0 Å². The van der Waals surface area contributed by atoms with Crippen LogP contribution in [0.1, 0.15) is 17.8 Å². The highest BCUT2D eigenvalue weighted by Crippen LogP contribution is 2.27. The van der Waals surface area contributed by atoms with E-state index in [1.165, 1.54) is 24.1 Å². The van der Waals surface area contributed by atoms with E-state index in [4.69, 9.17) is 0 Å². The molecule has 0 amide bonds. The van der Waals surface area contributed by atoms with Crippen LogP contribution in [0.15, 0.2) is 17.4 Å². The van der Waals surface area contributed by atoms with Crippen molar-refractivity contribution in [1.82, 2.24) is 19.1 Å². The third-order valence-corrected chi connectivity index (χ3v) is 4.08. The third-order valence-electron chi connectivity index (χ3n) is 2.84. The molecule has 1 aliphatic rings. The normalized spacial score (nSPS) is 16.1. The molecule has 0 atom stereocenters. The van der Waals surface area contributed by atoms with Crippen molar-refractivity contribution in [3.63, 3.8) is 0 Å². The molecule has 7 heteroatoms. The molecule has 1 saturated heterocycles. The van der Waals surface area contributed by atoms with Crippen LogP contribution >= 0.6 is 11.8 Å². The second kappa shape index (κ2) is 3.69. The molecule has 17 heavy (non-hydrogen) atoms. The number of hydrogen-bond donors (Lipinski definition) is 0. The molecule has 3 heterocycles. The van der Waals surface area contributed by atoms with Gasteiger partial charge in [0.15, 0.2) is 11.2 Å². The zero-order chi connectivity index (χ0) is 12.0. The first kappa shape index (κ1) is 10.5. The first-order valence-corrected chi connectivity index (χ1v) is 6.37. The topological polar surface area (TPSA) is 69.8 Å². The number of thioether (sulfide) groups is 1. The maximum atomic E-state index is 12.1. The van der Waals surface area contributed by atoms with Gasteiger partial charge in [-0.2, -0.15) is 11.8 Å². The number of rotatable bonds is 1. The first-order chi connectivity index (χ1) is 8.18. The number of imidazole rings is 1. The van der Waals surface area contributed by atoms with Crippen molar-refractivity contribution in [2.75, 3.05) is 11.5 Å². The van der Waals surface area contributed by atoms with E-state index in [0.29, 0.717) is 5.65 Å². The van der Waals surface area contributed by atoms with Gasteiger partial charge in [-0.05, 0) is 0 Å². The summed E-state index contributed by atoms with van der Waals surface area (Å²) in [5.74, 6) is 1.66. The Morgan fingerprint density at radius 2 is 2.18 bits per heavy atom. The van der Waals surface area contributed by atoms with Gasteiger partial charge in [0.2, 0.25) is 5.91 Å². The first-order valence-electron chi connectivity index (χ1n) is 5.21. The lowest BCUT2D eigenvalue weighted by molar-refractivity contribution is 0.0940. The van der Waals surface area contributed by atoms with Crippen molar-refractivity contribution in [3.8, 4) is 0 Å². The largest absolute Gasteiger partial charge is 0.292 e. The Kier molecular flexibility index (Phi) is 2.29. The Morgan fingerprint density at radius 3 is 2.76 bits per heavy atom. The minimum atomic E-state index is -0.198. The second-order valence-corrected chi connectivity index (χ2v) is 5.03. The van der Waals surface area contributed by atoms with E-state index in [2.05, 4.69) is 9.97 Å². The van der Waals surface area contributed by atoms with Crippen LogP contribution in [0.2, 0.25) is 0 Å². The quantitative estimate of drug-likeness (QED) is 0.739.